The van der Waals surface area contributed by atoms with E-state index < -0.39 is 0 Å². The molecule has 122 valence electrons. The van der Waals surface area contributed by atoms with Crippen molar-refractivity contribution < 1.29 is 4.79 Å². The molecule has 2 heterocycles. The smallest absolute Gasteiger partial charge is 0.222 e. The lowest BCUT2D eigenvalue weighted by Gasteiger charge is -2.05. The van der Waals surface area contributed by atoms with Gasteiger partial charge in [-0.15, -0.1) is 11.3 Å². The minimum atomic E-state index is 0.203. The molecule has 0 aliphatic rings. The number of nitrogens with zero attached hydrogens (tertiary/aromatic N) is 3. The summed E-state index contributed by atoms with van der Waals surface area (Å²) in [6.45, 7) is 4.20. The highest BCUT2D eigenvalue weighted by Crippen LogP contribution is 2.38. The molecular formula is C17H15ClN4OS. The maximum Gasteiger partial charge on any atom is 0.222 e. The molecule has 1 amide bonds. The van der Waals surface area contributed by atoms with Gasteiger partial charge in [0.2, 0.25) is 11.7 Å². The fourth-order valence-corrected chi connectivity index (χ4v) is 3.45. The topological polar surface area (TPSA) is 67.8 Å². The van der Waals surface area contributed by atoms with Crippen molar-refractivity contribution in [3.05, 3.63) is 46.8 Å². The van der Waals surface area contributed by atoms with E-state index >= 15 is 0 Å². The molecule has 0 aliphatic carbocycles. The van der Waals surface area contributed by atoms with Crippen molar-refractivity contribution >= 4 is 35.0 Å². The summed E-state index contributed by atoms with van der Waals surface area (Å²) in [6.07, 6.45) is 2.29. The first-order chi connectivity index (χ1) is 11.6. The fraction of sp³-hybridized carbons (Fsp3) is 0.176. The van der Waals surface area contributed by atoms with Crippen LogP contribution in [0.1, 0.15) is 24.8 Å². The van der Waals surface area contributed by atoms with Crippen LogP contribution < -0.4 is 5.32 Å². The first-order valence-electron chi connectivity index (χ1n) is 7.38. The van der Waals surface area contributed by atoms with E-state index in [1.807, 2.05) is 30.3 Å². The third kappa shape index (κ3) is 3.44. The predicted octanol–water partition coefficient (Wildman–Crippen LogP) is 4.61. The van der Waals surface area contributed by atoms with Crippen molar-refractivity contribution in [2.24, 2.45) is 0 Å². The van der Waals surface area contributed by atoms with Crippen LogP contribution in [-0.2, 0) is 4.79 Å². The third-order valence-electron chi connectivity index (χ3n) is 3.36. The van der Waals surface area contributed by atoms with Crippen molar-refractivity contribution in [1.82, 2.24) is 15.0 Å². The van der Waals surface area contributed by atoms with Gasteiger partial charge in [-0.05, 0) is 29.8 Å². The molecule has 3 aromatic rings. The first-order valence-corrected chi connectivity index (χ1v) is 8.58. The third-order valence-corrected chi connectivity index (χ3v) is 4.92. The molecular weight excluding hydrogens is 344 g/mol. The average molecular weight is 359 g/mol. The second-order valence-electron chi connectivity index (χ2n) is 5.44. The summed E-state index contributed by atoms with van der Waals surface area (Å²) >= 11 is 7.54. The summed E-state index contributed by atoms with van der Waals surface area (Å²) in [7, 11) is 0. The number of carbonyl (C=O) groups excluding carboxylic acids is 1. The number of halogens is 1. The number of amides is 1. The van der Waals surface area contributed by atoms with Crippen LogP contribution in [0.15, 0.2) is 36.5 Å². The highest BCUT2D eigenvalue weighted by atomic mass is 35.5. The predicted molar refractivity (Wildman–Crippen MR) is 97.4 cm³/mol. The molecule has 0 bridgehead atoms. The van der Waals surface area contributed by atoms with E-state index in [2.05, 4.69) is 29.1 Å². The zero-order chi connectivity index (χ0) is 17.1. The highest BCUT2D eigenvalue weighted by molar-refractivity contribution is 7.15. The maximum atomic E-state index is 10.7. The number of hydrogen-bond acceptors (Lipinski definition) is 5. The Morgan fingerprint density at radius 1 is 1.25 bits per heavy atom. The Kier molecular flexibility index (Phi) is 4.87. The van der Waals surface area contributed by atoms with E-state index in [9.17, 15) is 4.79 Å². The molecule has 0 unspecified atom stereocenters. The summed E-state index contributed by atoms with van der Waals surface area (Å²) in [5.74, 6) is 0.302. The molecule has 5 nitrogen and oxygen atoms in total. The minimum Gasteiger partial charge on any atom is -0.329 e. The second-order valence-corrected chi connectivity index (χ2v) is 6.81. The summed E-state index contributed by atoms with van der Waals surface area (Å²) in [5, 5.41) is 3.88. The number of aromatic nitrogens is 3. The molecule has 0 saturated carbocycles. The zero-order valence-corrected chi connectivity index (χ0v) is 14.7. The van der Waals surface area contributed by atoms with Gasteiger partial charge in [0.25, 0.3) is 0 Å². The first kappa shape index (κ1) is 16.5. The molecule has 2 aromatic heterocycles. The largest absolute Gasteiger partial charge is 0.329 e. The second kappa shape index (κ2) is 7.07. The number of benzene rings is 1. The van der Waals surface area contributed by atoms with Gasteiger partial charge in [0, 0.05) is 23.4 Å². The van der Waals surface area contributed by atoms with E-state index in [0.29, 0.717) is 18.0 Å². The van der Waals surface area contributed by atoms with Gasteiger partial charge in [-0.2, -0.15) is 0 Å². The fourth-order valence-electron chi connectivity index (χ4n) is 2.24. The molecule has 24 heavy (non-hydrogen) atoms. The number of thiazole rings is 1. The SMILES string of the molecule is CC(C)c1nc(-c2cccc(NC=O)c2)c(-c2ccnc(Cl)n2)s1. The van der Waals surface area contributed by atoms with Crippen LogP contribution in [0.5, 0.6) is 0 Å². The normalized spacial score (nSPS) is 10.8. The van der Waals surface area contributed by atoms with E-state index in [0.717, 1.165) is 26.8 Å². The minimum absolute atomic E-state index is 0.203. The van der Waals surface area contributed by atoms with Gasteiger partial charge in [0.05, 0.1) is 21.3 Å². The Bertz CT molecular complexity index is 879. The number of carbonyl (C=O) groups is 1. The van der Waals surface area contributed by atoms with Gasteiger partial charge in [0.15, 0.2) is 0 Å². The lowest BCUT2D eigenvalue weighted by atomic mass is 10.1. The molecule has 0 aliphatic heterocycles. The van der Waals surface area contributed by atoms with Crippen LogP contribution in [0.4, 0.5) is 5.69 Å². The van der Waals surface area contributed by atoms with Crippen LogP contribution >= 0.6 is 22.9 Å². The Hall–Kier alpha value is -2.31. The molecule has 3 rings (SSSR count). The van der Waals surface area contributed by atoms with E-state index in [1.165, 1.54) is 0 Å². The highest BCUT2D eigenvalue weighted by Gasteiger charge is 2.18. The number of hydrogen-bond donors (Lipinski definition) is 1. The van der Waals surface area contributed by atoms with Crippen LogP contribution in [-0.4, -0.2) is 21.4 Å². The Labute approximate surface area is 148 Å². The maximum absolute atomic E-state index is 10.7. The van der Waals surface area contributed by atoms with Gasteiger partial charge in [-0.1, -0.05) is 26.0 Å². The van der Waals surface area contributed by atoms with Crippen molar-refractivity contribution in [2.75, 3.05) is 5.32 Å². The van der Waals surface area contributed by atoms with Crippen LogP contribution in [0.3, 0.4) is 0 Å². The molecule has 0 spiro atoms. The molecule has 0 fully saturated rings. The zero-order valence-electron chi connectivity index (χ0n) is 13.2. The number of rotatable bonds is 5. The number of nitrogens with one attached hydrogen (secondary N) is 1. The lowest BCUT2D eigenvalue weighted by Crippen LogP contribution is -1.94. The Morgan fingerprint density at radius 2 is 2.08 bits per heavy atom. The van der Waals surface area contributed by atoms with Crippen molar-refractivity contribution in [1.29, 1.82) is 0 Å². The molecule has 0 atom stereocenters. The van der Waals surface area contributed by atoms with E-state index in [1.54, 1.807) is 17.5 Å². The quantitative estimate of drug-likeness (QED) is 0.534. The van der Waals surface area contributed by atoms with Gasteiger partial charge in [-0.3, -0.25) is 4.79 Å². The van der Waals surface area contributed by atoms with Gasteiger partial charge in [0.1, 0.15) is 0 Å². The monoisotopic (exact) mass is 358 g/mol. The van der Waals surface area contributed by atoms with Crippen molar-refractivity contribution in [3.8, 4) is 21.8 Å². The molecule has 7 heteroatoms. The summed E-state index contributed by atoms with van der Waals surface area (Å²) in [4.78, 5) is 24.7. The van der Waals surface area contributed by atoms with E-state index in [-0.39, 0.29) is 5.28 Å². The number of anilines is 1. The lowest BCUT2D eigenvalue weighted by molar-refractivity contribution is -0.105. The van der Waals surface area contributed by atoms with Gasteiger partial charge in [-0.25, -0.2) is 15.0 Å². The molecule has 1 N–H and O–H groups in total. The van der Waals surface area contributed by atoms with Crippen LogP contribution in [0.25, 0.3) is 21.8 Å². The Balaban J connectivity index is 2.16. The van der Waals surface area contributed by atoms with E-state index in [4.69, 9.17) is 16.6 Å². The molecule has 0 radical (unpaired) electrons. The van der Waals surface area contributed by atoms with Crippen LogP contribution in [0, 0.1) is 0 Å². The van der Waals surface area contributed by atoms with Gasteiger partial charge >= 0.3 is 0 Å². The molecule has 0 saturated heterocycles. The van der Waals surface area contributed by atoms with Crippen molar-refractivity contribution in [2.45, 2.75) is 19.8 Å². The Morgan fingerprint density at radius 3 is 2.79 bits per heavy atom. The van der Waals surface area contributed by atoms with Crippen LogP contribution in [0.2, 0.25) is 5.28 Å². The summed E-state index contributed by atoms with van der Waals surface area (Å²) < 4.78 is 0. The summed E-state index contributed by atoms with van der Waals surface area (Å²) in [5.41, 5.74) is 3.19. The van der Waals surface area contributed by atoms with Gasteiger partial charge < -0.3 is 5.32 Å². The summed E-state index contributed by atoms with van der Waals surface area (Å²) in [6, 6.07) is 9.38. The standard InChI is InChI=1S/C17H15ClN4OS/c1-10(2)16-22-14(11-4-3-5-12(8-11)20-9-23)15(24-16)13-6-7-19-17(18)21-13/h3-10H,1-2H3,(H,20,23). The average Bonchev–Trinajstić information content (AvgIpc) is 3.01. The van der Waals surface area contributed by atoms with Crippen molar-refractivity contribution in [3.63, 3.8) is 0 Å². The molecule has 1 aromatic carbocycles.